The third-order valence-electron chi connectivity index (χ3n) is 3.03. The predicted octanol–water partition coefficient (Wildman–Crippen LogP) is 1.58. The van der Waals surface area contributed by atoms with Gasteiger partial charge in [-0.2, -0.15) is 0 Å². The topological polar surface area (TPSA) is 43.8 Å². The Morgan fingerprint density at radius 2 is 2.15 bits per heavy atom. The highest BCUT2D eigenvalue weighted by Crippen LogP contribution is 2.21. The van der Waals surface area contributed by atoms with Gasteiger partial charge in [-0.25, -0.2) is 4.98 Å². The lowest BCUT2D eigenvalue weighted by atomic mass is 9.98. The number of hydrogen-bond acceptors (Lipinski definition) is 2. The molecule has 0 saturated heterocycles. The Morgan fingerprint density at radius 1 is 1.54 bits per heavy atom. The summed E-state index contributed by atoms with van der Waals surface area (Å²) in [5, 5.41) is 0. The molecule has 0 amide bonds. The van der Waals surface area contributed by atoms with E-state index in [1.807, 2.05) is 13.3 Å². The first-order valence-electron chi connectivity index (χ1n) is 4.76. The number of aryl methyl sites for hydroxylation is 1. The van der Waals surface area contributed by atoms with Crippen LogP contribution in [0.2, 0.25) is 0 Å². The fraction of sp³-hybridized carbons (Fsp3) is 0.700. The molecular weight excluding hydrogens is 162 g/mol. The van der Waals surface area contributed by atoms with E-state index >= 15 is 0 Å². The van der Waals surface area contributed by atoms with Crippen LogP contribution in [0.5, 0.6) is 0 Å². The van der Waals surface area contributed by atoms with Crippen molar-refractivity contribution in [2.45, 2.75) is 39.7 Å². The largest absolute Gasteiger partial charge is 0.328 e. The molecule has 0 bridgehead atoms. The molecule has 0 aliphatic carbocycles. The van der Waals surface area contributed by atoms with Gasteiger partial charge in [-0.3, -0.25) is 0 Å². The monoisotopic (exact) mass is 181 g/mol. The Kier molecular flexibility index (Phi) is 2.76. The number of aromatic nitrogens is 2. The minimum Gasteiger partial charge on any atom is -0.328 e. The van der Waals surface area contributed by atoms with Crippen molar-refractivity contribution in [2.24, 2.45) is 5.73 Å². The van der Waals surface area contributed by atoms with Crippen LogP contribution in [-0.2, 0) is 5.54 Å². The van der Waals surface area contributed by atoms with E-state index in [1.165, 1.54) is 5.69 Å². The summed E-state index contributed by atoms with van der Waals surface area (Å²) in [4.78, 5) is 4.29. The number of nitrogens with zero attached hydrogens (tertiary/aromatic N) is 2. The molecule has 1 atom stereocenters. The third kappa shape index (κ3) is 1.61. The fourth-order valence-corrected chi connectivity index (χ4v) is 1.46. The quantitative estimate of drug-likeness (QED) is 0.769. The highest BCUT2D eigenvalue weighted by molar-refractivity contribution is 5.11. The molecule has 1 heterocycles. The maximum Gasteiger partial charge on any atom is 0.0957 e. The Morgan fingerprint density at radius 3 is 2.46 bits per heavy atom. The molecule has 1 aromatic heterocycles. The van der Waals surface area contributed by atoms with Crippen LogP contribution in [0.3, 0.4) is 0 Å². The van der Waals surface area contributed by atoms with Crippen molar-refractivity contribution in [2.75, 3.05) is 6.54 Å². The Balaban J connectivity index is 3.12. The Labute approximate surface area is 80.0 Å². The maximum atomic E-state index is 5.78. The van der Waals surface area contributed by atoms with Gasteiger partial charge >= 0.3 is 0 Å². The molecule has 0 aromatic carbocycles. The zero-order chi connectivity index (χ0) is 10.1. The molecule has 1 rings (SSSR count). The summed E-state index contributed by atoms with van der Waals surface area (Å²) >= 11 is 0. The van der Waals surface area contributed by atoms with Gasteiger partial charge in [0.15, 0.2) is 0 Å². The summed E-state index contributed by atoms with van der Waals surface area (Å²) in [6.45, 7) is 9.09. The van der Waals surface area contributed by atoms with Gasteiger partial charge in [0.05, 0.1) is 17.6 Å². The molecule has 1 aromatic rings. The molecule has 0 spiro atoms. The van der Waals surface area contributed by atoms with E-state index in [0.717, 1.165) is 12.1 Å². The normalized spacial score (nSPS) is 15.8. The molecule has 1 unspecified atom stereocenters. The minimum atomic E-state index is 0.0192. The first kappa shape index (κ1) is 10.3. The highest BCUT2D eigenvalue weighted by atomic mass is 15.1. The van der Waals surface area contributed by atoms with Gasteiger partial charge in [-0.1, -0.05) is 6.92 Å². The molecule has 74 valence electrons. The van der Waals surface area contributed by atoms with Crippen LogP contribution in [-0.4, -0.2) is 16.1 Å². The third-order valence-corrected chi connectivity index (χ3v) is 3.03. The zero-order valence-electron chi connectivity index (χ0n) is 8.96. The standard InChI is InChI=1S/C10H19N3/c1-5-10(4,6-11)13-7-12-8(2)9(13)3/h7H,5-6,11H2,1-4H3. The number of hydrogen-bond donors (Lipinski definition) is 1. The van der Waals surface area contributed by atoms with Crippen molar-refractivity contribution in [3.8, 4) is 0 Å². The summed E-state index contributed by atoms with van der Waals surface area (Å²) in [7, 11) is 0. The van der Waals surface area contributed by atoms with Crippen LogP contribution in [0.1, 0.15) is 31.7 Å². The van der Waals surface area contributed by atoms with E-state index < -0.39 is 0 Å². The molecule has 0 saturated carbocycles. The van der Waals surface area contributed by atoms with Gasteiger partial charge in [0, 0.05) is 12.2 Å². The lowest BCUT2D eigenvalue weighted by Gasteiger charge is -2.29. The van der Waals surface area contributed by atoms with Gasteiger partial charge in [0.2, 0.25) is 0 Å². The fourth-order valence-electron chi connectivity index (χ4n) is 1.46. The average molecular weight is 181 g/mol. The lowest BCUT2D eigenvalue weighted by molar-refractivity contribution is 0.310. The van der Waals surface area contributed by atoms with Crippen molar-refractivity contribution in [1.29, 1.82) is 0 Å². The van der Waals surface area contributed by atoms with Crippen LogP contribution < -0.4 is 5.73 Å². The van der Waals surface area contributed by atoms with Crippen LogP contribution in [0.15, 0.2) is 6.33 Å². The SMILES string of the molecule is CCC(C)(CN)n1cnc(C)c1C. The summed E-state index contributed by atoms with van der Waals surface area (Å²) in [6, 6.07) is 0. The summed E-state index contributed by atoms with van der Waals surface area (Å²) in [5.41, 5.74) is 8.11. The first-order valence-corrected chi connectivity index (χ1v) is 4.76. The Hall–Kier alpha value is -0.830. The van der Waals surface area contributed by atoms with Crippen LogP contribution in [0.25, 0.3) is 0 Å². The van der Waals surface area contributed by atoms with E-state index in [0.29, 0.717) is 6.54 Å². The number of nitrogens with two attached hydrogens (primary N) is 1. The van der Waals surface area contributed by atoms with E-state index in [-0.39, 0.29) is 5.54 Å². The lowest BCUT2D eigenvalue weighted by Crippen LogP contribution is -2.37. The van der Waals surface area contributed by atoms with Crippen LogP contribution in [0.4, 0.5) is 0 Å². The molecule has 0 radical (unpaired) electrons. The van der Waals surface area contributed by atoms with E-state index in [4.69, 9.17) is 5.73 Å². The predicted molar refractivity (Wildman–Crippen MR) is 54.7 cm³/mol. The smallest absolute Gasteiger partial charge is 0.0957 e. The minimum absolute atomic E-state index is 0.0192. The summed E-state index contributed by atoms with van der Waals surface area (Å²) < 4.78 is 2.18. The van der Waals surface area contributed by atoms with Crippen LogP contribution in [0, 0.1) is 13.8 Å². The van der Waals surface area contributed by atoms with Gasteiger partial charge < -0.3 is 10.3 Å². The average Bonchev–Trinajstić information content (AvgIpc) is 2.47. The molecule has 0 aliphatic rings. The van der Waals surface area contributed by atoms with E-state index in [2.05, 4.69) is 30.3 Å². The van der Waals surface area contributed by atoms with Crippen molar-refractivity contribution in [1.82, 2.24) is 9.55 Å². The van der Waals surface area contributed by atoms with E-state index in [1.54, 1.807) is 0 Å². The van der Waals surface area contributed by atoms with E-state index in [9.17, 15) is 0 Å². The molecular formula is C10H19N3. The molecule has 2 N–H and O–H groups in total. The second-order valence-electron chi connectivity index (χ2n) is 3.84. The van der Waals surface area contributed by atoms with Crippen molar-refractivity contribution >= 4 is 0 Å². The number of imidazole rings is 1. The molecule has 3 nitrogen and oxygen atoms in total. The van der Waals surface area contributed by atoms with Crippen molar-refractivity contribution in [3.63, 3.8) is 0 Å². The van der Waals surface area contributed by atoms with Crippen molar-refractivity contribution < 1.29 is 0 Å². The Bertz CT molecular complexity index is 284. The van der Waals surface area contributed by atoms with Gasteiger partial charge in [-0.05, 0) is 27.2 Å². The zero-order valence-corrected chi connectivity index (χ0v) is 8.96. The summed E-state index contributed by atoms with van der Waals surface area (Å²) in [6.07, 6.45) is 2.92. The molecule has 0 fully saturated rings. The first-order chi connectivity index (χ1) is 6.05. The molecule has 3 heteroatoms. The molecule has 0 aliphatic heterocycles. The molecule has 13 heavy (non-hydrogen) atoms. The second-order valence-corrected chi connectivity index (χ2v) is 3.84. The van der Waals surface area contributed by atoms with Crippen molar-refractivity contribution in [3.05, 3.63) is 17.7 Å². The van der Waals surface area contributed by atoms with Crippen LogP contribution >= 0.6 is 0 Å². The highest BCUT2D eigenvalue weighted by Gasteiger charge is 2.23. The number of rotatable bonds is 3. The maximum absolute atomic E-state index is 5.78. The second kappa shape index (κ2) is 3.50. The van der Waals surface area contributed by atoms with Gasteiger partial charge in [0.1, 0.15) is 0 Å². The van der Waals surface area contributed by atoms with Gasteiger partial charge in [0.25, 0.3) is 0 Å². The summed E-state index contributed by atoms with van der Waals surface area (Å²) in [5.74, 6) is 0. The van der Waals surface area contributed by atoms with Gasteiger partial charge in [-0.15, -0.1) is 0 Å².